The van der Waals surface area contributed by atoms with Crippen molar-refractivity contribution in [3.8, 4) is 5.75 Å². The van der Waals surface area contributed by atoms with E-state index in [0.29, 0.717) is 36.2 Å². The maximum absolute atomic E-state index is 12.6. The molecule has 2 N–H and O–H groups in total. The van der Waals surface area contributed by atoms with E-state index < -0.39 is 6.61 Å². The van der Waals surface area contributed by atoms with Crippen LogP contribution in [-0.2, 0) is 24.9 Å². The molecular weight excluding hydrogens is 406 g/mol. The van der Waals surface area contributed by atoms with E-state index in [1.54, 1.807) is 13.2 Å². The third-order valence-corrected chi connectivity index (χ3v) is 4.30. The summed E-state index contributed by atoms with van der Waals surface area (Å²) in [6.45, 7) is 0.640. The van der Waals surface area contributed by atoms with Crippen molar-refractivity contribution in [2.24, 2.45) is 12.0 Å². The van der Waals surface area contributed by atoms with Crippen LogP contribution in [0.4, 0.5) is 8.78 Å². The normalized spacial score (nSPS) is 11.8. The predicted molar refractivity (Wildman–Crippen MR) is 106 cm³/mol. The molecule has 0 saturated carbocycles. The van der Waals surface area contributed by atoms with Crippen molar-refractivity contribution in [1.29, 1.82) is 0 Å². The molecule has 0 fully saturated rings. The fourth-order valence-corrected chi connectivity index (χ4v) is 2.61. The molecule has 0 radical (unpaired) electrons. The summed E-state index contributed by atoms with van der Waals surface area (Å²) in [5, 5.41) is 14.9. The van der Waals surface area contributed by atoms with E-state index in [-0.39, 0.29) is 12.3 Å². The van der Waals surface area contributed by atoms with Crippen molar-refractivity contribution in [1.82, 2.24) is 25.4 Å². The van der Waals surface area contributed by atoms with Crippen LogP contribution in [0.25, 0.3) is 0 Å². The molecule has 11 heteroatoms. The highest BCUT2D eigenvalue weighted by molar-refractivity contribution is 6.30. The molecule has 8 nitrogen and oxygen atoms in total. The number of aliphatic imine (C=N–C) groups is 1. The van der Waals surface area contributed by atoms with E-state index in [2.05, 4.69) is 30.6 Å². The SMILES string of the molecule is COCCCNC(=NCc1cc(Cl)ccc1OC(F)F)NCc1nnc(C)n1C. The number of guanidine groups is 1. The first-order valence-corrected chi connectivity index (χ1v) is 9.37. The van der Waals surface area contributed by atoms with E-state index in [9.17, 15) is 8.78 Å². The summed E-state index contributed by atoms with van der Waals surface area (Å²) in [6.07, 6.45) is 0.775. The highest BCUT2D eigenvalue weighted by Gasteiger charge is 2.11. The van der Waals surface area contributed by atoms with Gasteiger partial charge in [-0.3, -0.25) is 0 Å². The number of rotatable bonds is 10. The lowest BCUT2D eigenvalue weighted by Gasteiger charge is -2.14. The third kappa shape index (κ3) is 7.47. The molecule has 29 heavy (non-hydrogen) atoms. The summed E-state index contributed by atoms with van der Waals surface area (Å²) < 4.78 is 36.7. The molecular formula is C18H25ClF2N6O2. The molecule has 160 valence electrons. The molecule has 1 heterocycles. The summed E-state index contributed by atoms with van der Waals surface area (Å²) in [5.74, 6) is 2.06. The van der Waals surface area contributed by atoms with Crippen LogP contribution in [0.15, 0.2) is 23.2 Å². The summed E-state index contributed by atoms with van der Waals surface area (Å²) in [4.78, 5) is 4.46. The van der Waals surface area contributed by atoms with Gasteiger partial charge in [0.2, 0.25) is 0 Å². The van der Waals surface area contributed by atoms with Crippen LogP contribution >= 0.6 is 11.6 Å². The molecule has 0 unspecified atom stereocenters. The molecule has 0 bridgehead atoms. The number of aryl methyl sites for hydroxylation is 1. The Morgan fingerprint density at radius 2 is 2.10 bits per heavy atom. The number of ether oxygens (including phenoxy) is 2. The molecule has 0 aliphatic rings. The number of benzene rings is 1. The zero-order valence-corrected chi connectivity index (χ0v) is 17.3. The number of hydrogen-bond acceptors (Lipinski definition) is 5. The van der Waals surface area contributed by atoms with E-state index in [4.69, 9.17) is 16.3 Å². The Bertz CT molecular complexity index is 816. The van der Waals surface area contributed by atoms with Crippen LogP contribution < -0.4 is 15.4 Å². The lowest BCUT2D eigenvalue weighted by Crippen LogP contribution is -2.38. The van der Waals surface area contributed by atoms with Crippen molar-refractivity contribution >= 4 is 17.6 Å². The minimum absolute atomic E-state index is 0.0378. The number of halogens is 3. The number of nitrogens with one attached hydrogen (secondary N) is 2. The Balaban J connectivity index is 2.11. The number of alkyl halides is 2. The summed E-state index contributed by atoms with van der Waals surface area (Å²) in [5.41, 5.74) is 0.449. The molecule has 0 aliphatic heterocycles. The van der Waals surface area contributed by atoms with E-state index in [0.717, 1.165) is 18.1 Å². The van der Waals surface area contributed by atoms with Gasteiger partial charge in [-0.15, -0.1) is 10.2 Å². The predicted octanol–water partition coefficient (Wildman–Crippen LogP) is 2.65. The molecule has 0 aliphatic carbocycles. The van der Waals surface area contributed by atoms with Crippen molar-refractivity contribution in [2.45, 2.75) is 33.0 Å². The van der Waals surface area contributed by atoms with Gasteiger partial charge >= 0.3 is 6.61 Å². The van der Waals surface area contributed by atoms with Crippen LogP contribution in [0, 0.1) is 6.92 Å². The van der Waals surface area contributed by atoms with Crippen LogP contribution in [0.3, 0.4) is 0 Å². The van der Waals surface area contributed by atoms with Gasteiger partial charge < -0.3 is 24.7 Å². The molecule has 2 rings (SSSR count). The topological polar surface area (TPSA) is 85.6 Å². The van der Waals surface area contributed by atoms with Crippen LogP contribution in [-0.4, -0.2) is 47.6 Å². The van der Waals surface area contributed by atoms with Gasteiger partial charge in [-0.2, -0.15) is 8.78 Å². The van der Waals surface area contributed by atoms with Gasteiger partial charge in [0.15, 0.2) is 11.8 Å². The summed E-state index contributed by atoms with van der Waals surface area (Å²) in [7, 11) is 3.50. The number of hydrogen-bond donors (Lipinski definition) is 2. The van der Waals surface area contributed by atoms with Gasteiger partial charge in [0.05, 0.1) is 13.1 Å². The Morgan fingerprint density at radius 1 is 1.31 bits per heavy atom. The molecule has 2 aromatic rings. The zero-order valence-electron chi connectivity index (χ0n) is 16.6. The average Bonchev–Trinajstić information content (AvgIpc) is 3.00. The maximum Gasteiger partial charge on any atom is 0.387 e. The molecule has 0 spiro atoms. The lowest BCUT2D eigenvalue weighted by molar-refractivity contribution is -0.0504. The van der Waals surface area contributed by atoms with Gasteiger partial charge in [-0.05, 0) is 31.5 Å². The first-order valence-electron chi connectivity index (χ1n) is 9.00. The smallest absolute Gasteiger partial charge is 0.387 e. The van der Waals surface area contributed by atoms with E-state index in [1.807, 2.05) is 18.5 Å². The average molecular weight is 431 g/mol. The third-order valence-electron chi connectivity index (χ3n) is 4.06. The van der Waals surface area contributed by atoms with Crippen LogP contribution in [0.1, 0.15) is 23.6 Å². The molecule has 0 atom stereocenters. The summed E-state index contributed by atoms with van der Waals surface area (Å²) in [6, 6.07) is 4.45. The van der Waals surface area contributed by atoms with Crippen molar-refractivity contribution in [3.05, 3.63) is 40.4 Å². The lowest BCUT2D eigenvalue weighted by atomic mass is 10.2. The van der Waals surface area contributed by atoms with Crippen LogP contribution in [0.2, 0.25) is 5.02 Å². The first kappa shape index (κ1) is 22.8. The Morgan fingerprint density at radius 3 is 2.76 bits per heavy atom. The first-order chi connectivity index (χ1) is 13.9. The highest BCUT2D eigenvalue weighted by atomic mass is 35.5. The van der Waals surface area contributed by atoms with Crippen molar-refractivity contribution < 1.29 is 18.3 Å². The van der Waals surface area contributed by atoms with Gasteiger partial charge in [0, 0.05) is 37.9 Å². The second-order valence-electron chi connectivity index (χ2n) is 6.14. The highest BCUT2D eigenvalue weighted by Crippen LogP contribution is 2.25. The molecule has 1 aromatic heterocycles. The molecule has 0 amide bonds. The second kappa shape index (κ2) is 11.5. The number of aromatic nitrogens is 3. The molecule has 0 saturated heterocycles. The Kier molecular flexibility index (Phi) is 9.07. The quantitative estimate of drug-likeness (QED) is 0.342. The Hall–Kier alpha value is -2.46. The van der Waals surface area contributed by atoms with Gasteiger partial charge in [-0.1, -0.05) is 11.6 Å². The van der Waals surface area contributed by atoms with Crippen molar-refractivity contribution in [2.75, 3.05) is 20.3 Å². The minimum Gasteiger partial charge on any atom is -0.434 e. The Labute approximate surface area is 173 Å². The largest absolute Gasteiger partial charge is 0.434 e. The second-order valence-corrected chi connectivity index (χ2v) is 6.58. The summed E-state index contributed by atoms with van der Waals surface area (Å²) >= 11 is 5.99. The van der Waals surface area contributed by atoms with E-state index >= 15 is 0 Å². The number of methoxy groups -OCH3 is 1. The number of nitrogens with zero attached hydrogens (tertiary/aromatic N) is 4. The maximum atomic E-state index is 12.6. The van der Waals surface area contributed by atoms with Crippen LogP contribution in [0.5, 0.6) is 5.75 Å². The molecule has 1 aromatic carbocycles. The van der Waals surface area contributed by atoms with Gasteiger partial charge in [0.25, 0.3) is 0 Å². The standard InChI is InChI=1S/C18H25ClF2N6O2/c1-12-25-26-16(27(12)2)11-24-18(22-7-4-8-28-3)23-10-13-9-14(19)5-6-15(13)29-17(20)21/h5-6,9,17H,4,7-8,10-11H2,1-3H3,(H2,22,23,24). The van der Waals surface area contributed by atoms with E-state index in [1.165, 1.54) is 12.1 Å². The minimum atomic E-state index is -2.93. The monoisotopic (exact) mass is 430 g/mol. The zero-order chi connectivity index (χ0) is 21.2. The van der Waals surface area contributed by atoms with Crippen molar-refractivity contribution in [3.63, 3.8) is 0 Å². The van der Waals surface area contributed by atoms with Gasteiger partial charge in [0.1, 0.15) is 11.6 Å². The van der Waals surface area contributed by atoms with Gasteiger partial charge in [-0.25, -0.2) is 4.99 Å². The fourth-order valence-electron chi connectivity index (χ4n) is 2.41. The fraction of sp³-hybridized carbons (Fsp3) is 0.500.